The van der Waals surface area contributed by atoms with Gasteiger partial charge in [0.1, 0.15) is 5.82 Å². The Morgan fingerprint density at radius 2 is 1.97 bits per heavy atom. The van der Waals surface area contributed by atoms with Crippen LogP contribution in [0.4, 0.5) is 10.1 Å². The van der Waals surface area contributed by atoms with Crippen molar-refractivity contribution in [2.45, 2.75) is 36.4 Å². The van der Waals surface area contributed by atoms with Crippen LogP contribution in [0.1, 0.15) is 24.4 Å². The highest BCUT2D eigenvalue weighted by Crippen LogP contribution is 2.36. The largest absolute Gasteiger partial charge is 0.319 e. The fourth-order valence-electron chi connectivity index (χ4n) is 4.64. The highest BCUT2D eigenvalue weighted by atomic mass is 35.5. The van der Waals surface area contributed by atoms with Gasteiger partial charge in [0.2, 0.25) is 11.7 Å². The van der Waals surface area contributed by atoms with Gasteiger partial charge in [-0.05, 0) is 61.5 Å². The minimum Gasteiger partial charge on any atom is -0.319 e. The molecule has 2 aliphatic heterocycles. The van der Waals surface area contributed by atoms with E-state index in [2.05, 4.69) is 20.3 Å². The van der Waals surface area contributed by atoms with E-state index < -0.39 is 33.4 Å². The predicted molar refractivity (Wildman–Crippen MR) is 132 cm³/mol. The molecule has 0 spiro atoms. The SMILES string of the molecule is CN1CCCC(n2nnc(-c3cc4c(cc3F)S(=O)(=O)C[C@H](N)C(=O)N4Cc3ccc(Cl)cc3)n2)C1. The van der Waals surface area contributed by atoms with E-state index in [9.17, 15) is 13.2 Å². The van der Waals surface area contributed by atoms with Crippen LogP contribution < -0.4 is 10.6 Å². The van der Waals surface area contributed by atoms with Crippen LogP contribution in [0.15, 0.2) is 41.3 Å². The highest BCUT2D eigenvalue weighted by molar-refractivity contribution is 7.91. The quantitative estimate of drug-likeness (QED) is 0.540. The number of carbonyl (C=O) groups is 1. The molecule has 2 atom stereocenters. The van der Waals surface area contributed by atoms with Crippen molar-refractivity contribution >= 4 is 33.0 Å². The molecule has 2 aromatic carbocycles. The third-order valence-corrected chi connectivity index (χ3v) is 8.55. The van der Waals surface area contributed by atoms with Crippen LogP contribution in [0.3, 0.4) is 0 Å². The van der Waals surface area contributed by atoms with Crippen molar-refractivity contribution in [3.8, 4) is 11.4 Å². The zero-order chi connectivity index (χ0) is 25.6. The Kier molecular flexibility index (Phi) is 6.54. The standard InChI is InChI=1S/C23H25ClFN7O3S/c1-30-8-2-3-16(12-30)32-28-22(27-29-32)17-9-20-21(10-18(17)25)36(34,35)13-19(26)23(33)31(20)11-14-4-6-15(24)7-5-14/h4-7,9-10,16,19H,2-3,8,11-13,26H2,1H3/t16?,19-/m0/s1. The normalized spacial score (nSPS) is 22.3. The van der Waals surface area contributed by atoms with Crippen LogP contribution in [0, 0.1) is 5.82 Å². The van der Waals surface area contributed by atoms with Crippen LogP contribution in [-0.4, -0.2) is 71.4 Å². The van der Waals surface area contributed by atoms with Crippen molar-refractivity contribution in [2.24, 2.45) is 5.73 Å². The number of nitrogens with two attached hydrogens (primary N) is 1. The summed E-state index contributed by atoms with van der Waals surface area (Å²) in [4.78, 5) is 17.8. The Labute approximate surface area is 212 Å². The number of rotatable bonds is 4. The molecule has 0 aliphatic carbocycles. The molecule has 13 heteroatoms. The molecule has 5 rings (SSSR count). The molecule has 0 bridgehead atoms. The minimum atomic E-state index is -4.05. The number of piperidine rings is 1. The minimum absolute atomic E-state index is 0.00440. The van der Waals surface area contributed by atoms with E-state index in [4.69, 9.17) is 17.3 Å². The van der Waals surface area contributed by atoms with Gasteiger partial charge in [0.15, 0.2) is 9.84 Å². The lowest BCUT2D eigenvalue weighted by molar-refractivity contribution is -0.119. The van der Waals surface area contributed by atoms with Gasteiger partial charge in [0.25, 0.3) is 0 Å². The first-order chi connectivity index (χ1) is 17.1. The fraction of sp³-hybridized carbons (Fsp3) is 0.391. The topological polar surface area (TPSA) is 127 Å². The van der Waals surface area contributed by atoms with Gasteiger partial charge in [-0.15, -0.1) is 10.2 Å². The maximum absolute atomic E-state index is 15.3. The van der Waals surface area contributed by atoms with Crippen LogP contribution in [0.2, 0.25) is 5.02 Å². The van der Waals surface area contributed by atoms with E-state index >= 15 is 4.39 Å². The number of hydrogen-bond donors (Lipinski definition) is 1. The Balaban J connectivity index is 1.59. The molecule has 190 valence electrons. The molecule has 1 aromatic heterocycles. The van der Waals surface area contributed by atoms with E-state index in [-0.39, 0.29) is 34.6 Å². The van der Waals surface area contributed by atoms with E-state index in [1.165, 1.54) is 15.8 Å². The number of fused-ring (bicyclic) bond motifs is 1. The number of nitrogens with zero attached hydrogens (tertiary/aromatic N) is 6. The van der Waals surface area contributed by atoms with Crippen molar-refractivity contribution < 1.29 is 17.6 Å². The first kappa shape index (κ1) is 24.8. The van der Waals surface area contributed by atoms with Gasteiger partial charge in [-0.25, -0.2) is 12.8 Å². The average molecular weight is 534 g/mol. The smallest absolute Gasteiger partial charge is 0.245 e. The van der Waals surface area contributed by atoms with Crippen molar-refractivity contribution in [1.29, 1.82) is 0 Å². The lowest BCUT2D eigenvalue weighted by atomic mass is 10.1. The predicted octanol–water partition coefficient (Wildman–Crippen LogP) is 2.05. The van der Waals surface area contributed by atoms with E-state index in [0.717, 1.165) is 32.0 Å². The Hall–Kier alpha value is -2.93. The second kappa shape index (κ2) is 9.51. The van der Waals surface area contributed by atoms with Gasteiger partial charge in [0, 0.05) is 11.6 Å². The number of carbonyl (C=O) groups excluding carboxylic acids is 1. The zero-order valence-electron chi connectivity index (χ0n) is 19.5. The molecular weight excluding hydrogens is 509 g/mol. The molecule has 10 nitrogen and oxygen atoms in total. The van der Waals surface area contributed by atoms with Gasteiger partial charge >= 0.3 is 0 Å². The second-order valence-corrected chi connectivity index (χ2v) is 11.7. The number of benzene rings is 2. The first-order valence-electron chi connectivity index (χ1n) is 11.5. The van der Waals surface area contributed by atoms with Gasteiger partial charge in [-0.3, -0.25) is 4.79 Å². The van der Waals surface area contributed by atoms with Crippen LogP contribution in [0.5, 0.6) is 0 Å². The first-order valence-corrected chi connectivity index (χ1v) is 13.5. The summed E-state index contributed by atoms with van der Waals surface area (Å²) >= 11 is 5.98. The van der Waals surface area contributed by atoms with Crippen LogP contribution in [-0.2, 0) is 21.2 Å². The Morgan fingerprint density at radius 1 is 1.22 bits per heavy atom. The Morgan fingerprint density at radius 3 is 2.69 bits per heavy atom. The number of hydrogen-bond acceptors (Lipinski definition) is 8. The third kappa shape index (κ3) is 4.73. The number of likely N-dealkylation sites (N-methyl/N-ethyl adjacent to an activating group) is 1. The van der Waals surface area contributed by atoms with Gasteiger partial charge in [-0.1, -0.05) is 23.7 Å². The lowest BCUT2D eigenvalue weighted by Crippen LogP contribution is -2.45. The summed E-state index contributed by atoms with van der Waals surface area (Å²) in [6, 6.07) is 7.67. The monoisotopic (exact) mass is 533 g/mol. The lowest BCUT2D eigenvalue weighted by Gasteiger charge is -2.28. The number of halogens is 2. The molecular formula is C23H25ClFN7O3S. The van der Waals surface area contributed by atoms with Gasteiger partial charge in [0.05, 0.1) is 40.5 Å². The number of likely N-dealkylation sites (tertiary alicyclic amines) is 1. The maximum Gasteiger partial charge on any atom is 0.245 e. The van der Waals surface area contributed by atoms with Crippen molar-refractivity contribution in [2.75, 3.05) is 30.8 Å². The van der Waals surface area contributed by atoms with Gasteiger partial charge in [-0.2, -0.15) is 4.80 Å². The number of aromatic nitrogens is 4. The molecule has 1 saturated heterocycles. The number of tetrazole rings is 1. The molecule has 2 aliphatic rings. The number of amides is 1. The summed E-state index contributed by atoms with van der Waals surface area (Å²) in [5, 5.41) is 13.1. The molecule has 1 unspecified atom stereocenters. The summed E-state index contributed by atoms with van der Waals surface area (Å²) < 4.78 is 41.4. The zero-order valence-corrected chi connectivity index (χ0v) is 21.1. The van der Waals surface area contributed by atoms with E-state index in [0.29, 0.717) is 10.6 Å². The van der Waals surface area contributed by atoms with Crippen LogP contribution in [0.25, 0.3) is 11.4 Å². The molecule has 36 heavy (non-hydrogen) atoms. The highest BCUT2D eigenvalue weighted by Gasteiger charge is 2.37. The van der Waals surface area contributed by atoms with Crippen molar-refractivity contribution in [1.82, 2.24) is 25.1 Å². The summed E-state index contributed by atoms with van der Waals surface area (Å²) in [6.07, 6.45) is 1.84. The van der Waals surface area contributed by atoms with Gasteiger partial charge < -0.3 is 15.5 Å². The maximum atomic E-state index is 15.3. The Bertz CT molecular complexity index is 1410. The summed E-state index contributed by atoms with van der Waals surface area (Å²) in [6.45, 7) is 1.74. The molecule has 3 heterocycles. The average Bonchev–Trinajstić information content (AvgIpc) is 3.31. The number of anilines is 1. The van der Waals surface area contributed by atoms with E-state index in [1.54, 1.807) is 24.3 Å². The summed E-state index contributed by atoms with van der Waals surface area (Å²) in [7, 11) is -2.04. The van der Waals surface area contributed by atoms with E-state index in [1.807, 2.05) is 7.05 Å². The fourth-order valence-corrected chi connectivity index (χ4v) is 6.33. The summed E-state index contributed by atoms with van der Waals surface area (Å²) in [5.74, 6) is -2.04. The van der Waals surface area contributed by atoms with Crippen molar-refractivity contribution in [3.05, 3.63) is 52.8 Å². The molecule has 0 radical (unpaired) electrons. The molecule has 1 amide bonds. The molecule has 3 aromatic rings. The second-order valence-electron chi connectivity index (χ2n) is 9.23. The molecule has 0 saturated carbocycles. The molecule has 1 fully saturated rings. The van der Waals surface area contributed by atoms with Crippen molar-refractivity contribution in [3.63, 3.8) is 0 Å². The summed E-state index contributed by atoms with van der Waals surface area (Å²) in [5.41, 5.74) is 6.62. The van der Waals surface area contributed by atoms with Crippen LogP contribution >= 0.6 is 11.6 Å². The third-order valence-electron chi connectivity index (χ3n) is 6.51. The number of sulfone groups is 1. The molecule has 2 N–H and O–H groups in total.